The largest absolute Gasteiger partial charge is 0.497 e. The summed E-state index contributed by atoms with van der Waals surface area (Å²) in [5.74, 6) is 0.679. The van der Waals surface area contributed by atoms with Crippen LogP contribution in [0.15, 0.2) is 23.1 Å². The lowest BCUT2D eigenvalue weighted by Crippen LogP contribution is -2.35. The predicted molar refractivity (Wildman–Crippen MR) is 75.6 cm³/mol. The Morgan fingerprint density at radius 3 is 2.50 bits per heavy atom. The molecule has 0 aliphatic rings. The van der Waals surface area contributed by atoms with E-state index in [1.165, 1.54) is 20.3 Å². The predicted octanol–water partition coefficient (Wildman–Crippen LogP) is 1.14. The van der Waals surface area contributed by atoms with Crippen LogP contribution in [0, 0.1) is 0 Å². The molecule has 6 nitrogen and oxygen atoms in total. The van der Waals surface area contributed by atoms with Gasteiger partial charge in [-0.1, -0.05) is 6.92 Å². The number of nitrogens with one attached hydrogen (secondary N) is 1. The average molecular weight is 303 g/mol. The molecule has 1 unspecified atom stereocenters. The lowest BCUT2D eigenvalue weighted by Gasteiger charge is -2.17. The van der Waals surface area contributed by atoms with Crippen LogP contribution in [0.25, 0.3) is 0 Å². The number of aliphatic hydroxyl groups is 1. The van der Waals surface area contributed by atoms with Gasteiger partial charge in [-0.05, 0) is 25.0 Å². The fraction of sp³-hybridized carbons (Fsp3) is 0.538. The first kappa shape index (κ1) is 16.7. The van der Waals surface area contributed by atoms with Crippen LogP contribution >= 0.6 is 0 Å². The fourth-order valence-electron chi connectivity index (χ4n) is 1.78. The van der Waals surface area contributed by atoms with Crippen molar-refractivity contribution in [2.45, 2.75) is 30.7 Å². The van der Waals surface area contributed by atoms with E-state index in [1.807, 2.05) is 6.92 Å². The third-order valence-corrected chi connectivity index (χ3v) is 4.49. The highest BCUT2D eigenvalue weighted by atomic mass is 32.2. The van der Waals surface area contributed by atoms with Crippen molar-refractivity contribution in [2.24, 2.45) is 0 Å². The summed E-state index contributed by atoms with van der Waals surface area (Å²) >= 11 is 0. The number of hydrogen-bond acceptors (Lipinski definition) is 5. The molecule has 0 saturated heterocycles. The van der Waals surface area contributed by atoms with Crippen molar-refractivity contribution >= 4 is 10.0 Å². The Labute approximate surface area is 119 Å². The minimum absolute atomic E-state index is 0.0238. The molecule has 20 heavy (non-hydrogen) atoms. The molecule has 1 atom stereocenters. The smallest absolute Gasteiger partial charge is 0.244 e. The van der Waals surface area contributed by atoms with Crippen LogP contribution in [0.3, 0.4) is 0 Å². The number of rotatable bonds is 8. The molecule has 0 bridgehead atoms. The number of ether oxygens (including phenoxy) is 2. The minimum atomic E-state index is -3.74. The van der Waals surface area contributed by atoms with Crippen molar-refractivity contribution in [3.8, 4) is 11.5 Å². The summed E-state index contributed by atoms with van der Waals surface area (Å²) in [5.41, 5.74) is 0. The van der Waals surface area contributed by atoms with Gasteiger partial charge in [0.1, 0.15) is 16.4 Å². The summed E-state index contributed by atoms with van der Waals surface area (Å²) in [6.45, 7) is 1.78. The zero-order chi connectivity index (χ0) is 15.2. The van der Waals surface area contributed by atoms with Gasteiger partial charge in [0.25, 0.3) is 0 Å². The molecular formula is C13H21NO5S. The average Bonchev–Trinajstić information content (AvgIpc) is 2.45. The maximum atomic E-state index is 12.4. The third-order valence-electron chi connectivity index (χ3n) is 2.95. The van der Waals surface area contributed by atoms with Crippen LogP contribution in [0.2, 0.25) is 0 Å². The van der Waals surface area contributed by atoms with E-state index < -0.39 is 10.0 Å². The van der Waals surface area contributed by atoms with Crippen molar-refractivity contribution in [1.29, 1.82) is 0 Å². The van der Waals surface area contributed by atoms with Crippen LogP contribution in [-0.2, 0) is 10.0 Å². The molecule has 114 valence electrons. The Bertz CT molecular complexity index is 530. The molecule has 0 amide bonds. The number of benzene rings is 1. The van der Waals surface area contributed by atoms with Gasteiger partial charge < -0.3 is 14.6 Å². The SMILES string of the molecule is CCC(CCO)NS(=O)(=O)c1cc(OC)ccc1OC. The molecule has 1 aromatic rings. The second-order valence-electron chi connectivity index (χ2n) is 4.26. The number of methoxy groups -OCH3 is 2. The third kappa shape index (κ3) is 4.09. The molecule has 0 heterocycles. The number of aliphatic hydroxyl groups excluding tert-OH is 1. The first-order valence-electron chi connectivity index (χ1n) is 6.33. The molecule has 1 aromatic carbocycles. The van der Waals surface area contributed by atoms with Crippen LogP contribution < -0.4 is 14.2 Å². The van der Waals surface area contributed by atoms with Gasteiger partial charge in [-0.25, -0.2) is 13.1 Å². The summed E-state index contributed by atoms with van der Waals surface area (Å²) in [5, 5.41) is 8.94. The van der Waals surface area contributed by atoms with Gasteiger partial charge in [0.2, 0.25) is 10.0 Å². The van der Waals surface area contributed by atoms with Crippen molar-refractivity contribution in [3.05, 3.63) is 18.2 Å². The molecule has 0 aromatic heterocycles. The Morgan fingerprint density at radius 2 is 2.00 bits per heavy atom. The topological polar surface area (TPSA) is 84.9 Å². The second kappa shape index (κ2) is 7.47. The van der Waals surface area contributed by atoms with E-state index in [9.17, 15) is 8.42 Å². The van der Waals surface area contributed by atoms with Gasteiger partial charge in [-0.3, -0.25) is 0 Å². The first-order chi connectivity index (χ1) is 9.48. The van der Waals surface area contributed by atoms with E-state index in [0.717, 1.165) is 0 Å². The summed E-state index contributed by atoms with van der Waals surface area (Å²) in [6.07, 6.45) is 0.952. The van der Waals surface area contributed by atoms with E-state index >= 15 is 0 Å². The molecule has 0 radical (unpaired) electrons. The quantitative estimate of drug-likeness (QED) is 0.752. The molecule has 2 N–H and O–H groups in total. The van der Waals surface area contributed by atoms with Crippen LogP contribution in [0.4, 0.5) is 0 Å². The Hall–Kier alpha value is -1.31. The summed E-state index contributed by atoms with van der Waals surface area (Å²) in [4.78, 5) is 0.0238. The Morgan fingerprint density at radius 1 is 1.30 bits per heavy atom. The zero-order valence-electron chi connectivity index (χ0n) is 11.9. The number of hydrogen-bond donors (Lipinski definition) is 2. The molecule has 1 rings (SSSR count). The molecule has 0 saturated carbocycles. The molecule has 0 spiro atoms. The van der Waals surface area contributed by atoms with E-state index in [-0.39, 0.29) is 23.3 Å². The van der Waals surface area contributed by atoms with E-state index in [2.05, 4.69) is 4.72 Å². The normalized spacial score (nSPS) is 13.0. The summed E-state index contributed by atoms with van der Waals surface area (Å²) in [6, 6.07) is 4.26. The lowest BCUT2D eigenvalue weighted by molar-refractivity contribution is 0.270. The molecule has 0 aliphatic heterocycles. The number of sulfonamides is 1. The second-order valence-corrected chi connectivity index (χ2v) is 5.94. The Balaban J connectivity index is 3.13. The summed E-state index contributed by atoms with van der Waals surface area (Å²) < 4.78 is 37.5. The van der Waals surface area contributed by atoms with E-state index in [0.29, 0.717) is 18.6 Å². The maximum absolute atomic E-state index is 12.4. The van der Waals surface area contributed by atoms with Crippen molar-refractivity contribution in [2.75, 3.05) is 20.8 Å². The van der Waals surface area contributed by atoms with Crippen LogP contribution in [0.1, 0.15) is 19.8 Å². The minimum Gasteiger partial charge on any atom is -0.497 e. The van der Waals surface area contributed by atoms with Crippen molar-refractivity contribution in [1.82, 2.24) is 4.72 Å². The van der Waals surface area contributed by atoms with Crippen LogP contribution in [-0.4, -0.2) is 40.4 Å². The molecule has 0 aliphatic carbocycles. The van der Waals surface area contributed by atoms with Crippen molar-refractivity contribution in [3.63, 3.8) is 0 Å². The standard InChI is InChI=1S/C13H21NO5S/c1-4-10(7-8-15)14-20(16,17)13-9-11(18-2)5-6-12(13)19-3/h5-6,9-10,14-15H,4,7-8H2,1-3H3. The Kier molecular flexibility index (Phi) is 6.25. The monoisotopic (exact) mass is 303 g/mol. The first-order valence-corrected chi connectivity index (χ1v) is 7.82. The molecular weight excluding hydrogens is 282 g/mol. The van der Waals surface area contributed by atoms with Crippen molar-refractivity contribution < 1.29 is 23.0 Å². The maximum Gasteiger partial charge on any atom is 0.244 e. The lowest BCUT2D eigenvalue weighted by atomic mass is 10.2. The van der Waals surface area contributed by atoms with E-state index in [1.54, 1.807) is 12.1 Å². The highest BCUT2D eigenvalue weighted by molar-refractivity contribution is 7.89. The van der Waals surface area contributed by atoms with Gasteiger partial charge in [0, 0.05) is 18.7 Å². The van der Waals surface area contributed by atoms with Gasteiger partial charge in [-0.15, -0.1) is 0 Å². The highest BCUT2D eigenvalue weighted by Gasteiger charge is 2.23. The van der Waals surface area contributed by atoms with Gasteiger partial charge in [0.05, 0.1) is 14.2 Å². The molecule has 7 heteroatoms. The van der Waals surface area contributed by atoms with Gasteiger partial charge in [0.15, 0.2) is 0 Å². The van der Waals surface area contributed by atoms with Gasteiger partial charge >= 0.3 is 0 Å². The van der Waals surface area contributed by atoms with E-state index in [4.69, 9.17) is 14.6 Å². The summed E-state index contributed by atoms with van der Waals surface area (Å²) in [7, 11) is -0.862. The van der Waals surface area contributed by atoms with Gasteiger partial charge in [-0.2, -0.15) is 0 Å². The zero-order valence-corrected chi connectivity index (χ0v) is 12.7. The fourth-order valence-corrected chi connectivity index (χ4v) is 3.32. The molecule has 0 fully saturated rings. The highest BCUT2D eigenvalue weighted by Crippen LogP contribution is 2.28. The van der Waals surface area contributed by atoms with Crippen LogP contribution in [0.5, 0.6) is 11.5 Å².